The average Bonchev–Trinajstić information content (AvgIpc) is 2.65. The van der Waals surface area contributed by atoms with E-state index in [0.29, 0.717) is 0 Å². The van der Waals surface area contributed by atoms with Crippen LogP contribution in [0.15, 0.2) is 71.5 Å². The Morgan fingerprint density at radius 1 is 0.833 bits per heavy atom. The molecule has 0 atom stereocenters. The van der Waals surface area contributed by atoms with Gasteiger partial charge in [0.1, 0.15) is 0 Å². The van der Waals surface area contributed by atoms with Gasteiger partial charge in [0.05, 0.1) is 22.6 Å². The first-order chi connectivity index (χ1) is 13.7. The van der Waals surface area contributed by atoms with Crippen molar-refractivity contribution in [2.45, 2.75) is 22.6 Å². The summed E-state index contributed by atoms with van der Waals surface area (Å²) in [5.74, 6) is -4.72. The van der Waals surface area contributed by atoms with Crippen LogP contribution in [0.4, 0.5) is 8.78 Å². The van der Waals surface area contributed by atoms with Crippen molar-refractivity contribution in [3.05, 3.63) is 73.3 Å². The van der Waals surface area contributed by atoms with Crippen molar-refractivity contribution in [1.82, 2.24) is 0 Å². The van der Waals surface area contributed by atoms with Crippen molar-refractivity contribution in [3.8, 4) is 11.5 Å². The number of hydrogen-bond acceptors (Lipinski definition) is 6. The summed E-state index contributed by atoms with van der Waals surface area (Å²) in [4.78, 5) is 22.2. The second-order valence-electron chi connectivity index (χ2n) is 5.62. The molecule has 0 aromatic heterocycles. The van der Waals surface area contributed by atoms with Gasteiger partial charge in [-0.1, -0.05) is 12.2 Å². The molecular formula is C20H17F2NaO6S. The standard InChI is InChI=1S/C20H16F2O6S.Na.H/c1-3-5-19(23)27-17-11-13(7-9-15(17)21)29(25,26)14-8-10-16(22)18(12-14)28-20(24)6-4-2;;/h3-4,7-12H,1-2,5-6H2;;. The van der Waals surface area contributed by atoms with Crippen molar-refractivity contribution in [2.24, 2.45) is 0 Å². The van der Waals surface area contributed by atoms with E-state index in [1.165, 1.54) is 12.2 Å². The molecule has 0 amide bonds. The zero-order chi connectivity index (χ0) is 21.6. The summed E-state index contributed by atoms with van der Waals surface area (Å²) in [5, 5.41) is 0. The van der Waals surface area contributed by atoms with Crippen LogP contribution in [0.25, 0.3) is 0 Å². The van der Waals surface area contributed by atoms with E-state index in [0.717, 1.165) is 36.4 Å². The Morgan fingerprint density at radius 3 is 1.53 bits per heavy atom. The normalized spacial score (nSPS) is 10.5. The zero-order valence-corrected chi connectivity index (χ0v) is 15.9. The van der Waals surface area contributed by atoms with Crippen molar-refractivity contribution >= 4 is 51.3 Å². The summed E-state index contributed by atoms with van der Waals surface area (Å²) in [7, 11) is -4.27. The second-order valence-corrected chi connectivity index (χ2v) is 7.57. The molecule has 30 heavy (non-hydrogen) atoms. The fraction of sp³-hybridized carbons (Fsp3) is 0.100. The summed E-state index contributed by atoms with van der Waals surface area (Å²) in [6, 6.07) is 5.22. The molecule has 0 spiro atoms. The monoisotopic (exact) mass is 446 g/mol. The third kappa shape index (κ3) is 6.33. The molecule has 0 unspecified atom stereocenters. The van der Waals surface area contributed by atoms with Gasteiger partial charge in [-0.3, -0.25) is 9.59 Å². The van der Waals surface area contributed by atoms with Crippen LogP contribution in [0.2, 0.25) is 0 Å². The predicted molar refractivity (Wildman–Crippen MR) is 106 cm³/mol. The van der Waals surface area contributed by atoms with E-state index in [4.69, 9.17) is 9.47 Å². The molecule has 0 aliphatic rings. The summed E-state index contributed by atoms with van der Waals surface area (Å²) in [6.45, 7) is 6.69. The summed E-state index contributed by atoms with van der Waals surface area (Å²) < 4.78 is 63.0. The van der Waals surface area contributed by atoms with E-state index in [1.54, 1.807) is 0 Å². The maximum atomic E-state index is 13.9. The fourth-order valence-corrected chi connectivity index (χ4v) is 3.45. The first-order valence-electron chi connectivity index (χ1n) is 8.16. The van der Waals surface area contributed by atoms with Crippen LogP contribution >= 0.6 is 0 Å². The minimum absolute atomic E-state index is 0. The Morgan fingerprint density at radius 2 is 1.20 bits per heavy atom. The number of sulfone groups is 1. The molecule has 0 fully saturated rings. The Kier molecular flexibility index (Phi) is 9.57. The van der Waals surface area contributed by atoms with Crippen LogP contribution in [-0.4, -0.2) is 49.9 Å². The molecule has 2 aromatic rings. The molecule has 0 saturated heterocycles. The van der Waals surface area contributed by atoms with Gasteiger partial charge in [-0.2, -0.15) is 0 Å². The first kappa shape index (κ1) is 25.7. The van der Waals surface area contributed by atoms with Crippen molar-refractivity contribution in [1.29, 1.82) is 0 Å². The molecule has 0 aliphatic heterocycles. The van der Waals surface area contributed by atoms with Crippen LogP contribution in [-0.2, 0) is 19.4 Å². The molecule has 0 saturated carbocycles. The van der Waals surface area contributed by atoms with E-state index in [2.05, 4.69) is 13.2 Å². The second kappa shape index (κ2) is 11.2. The van der Waals surface area contributed by atoms with Gasteiger partial charge in [-0.25, -0.2) is 17.2 Å². The van der Waals surface area contributed by atoms with E-state index in [1.807, 2.05) is 0 Å². The Labute approximate surface area is 194 Å². The third-order valence-corrected chi connectivity index (χ3v) is 5.24. The zero-order valence-electron chi connectivity index (χ0n) is 15.1. The number of carbonyl (C=O) groups excluding carboxylic acids is 2. The molecule has 0 bridgehead atoms. The predicted octanol–water partition coefficient (Wildman–Crippen LogP) is 3.11. The van der Waals surface area contributed by atoms with Gasteiger partial charge in [0.15, 0.2) is 23.1 Å². The molecular weight excluding hydrogens is 429 g/mol. The van der Waals surface area contributed by atoms with Crippen LogP contribution in [0.1, 0.15) is 12.8 Å². The number of benzene rings is 2. The van der Waals surface area contributed by atoms with E-state index < -0.39 is 54.7 Å². The number of esters is 2. The number of rotatable bonds is 8. The van der Waals surface area contributed by atoms with E-state index in [-0.39, 0.29) is 42.4 Å². The Balaban J connectivity index is 0.00000450. The molecule has 0 aliphatic carbocycles. The summed E-state index contributed by atoms with van der Waals surface area (Å²) >= 11 is 0. The molecule has 2 rings (SSSR count). The molecule has 0 heterocycles. The Hall–Kier alpha value is -2.33. The van der Waals surface area contributed by atoms with Crippen molar-refractivity contribution in [3.63, 3.8) is 0 Å². The molecule has 2 aromatic carbocycles. The van der Waals surface area contributed by atoms with Gasteiger partial charge >= 0.3 is 41.5 Å². The summed E-state index contributed by atoms with van der Waals surface area (Å²) in [6.07, 6.45) is 2.09. The van der Waals surface area contributed by atoms with Gasteiger partial charge < -0.3 is 9.47 Å². The van der Waals surface area contributed by atoms with E-state index >= 15 is 0 Å². The SMILES string of the molecule is C=CCC(=O)Oc1cc(S(=O)(=O)c2ccc(F)c(OC(=O)CC=C)c2)ccc1F.[NaH]. The van der Waals surface area contributed by atoms with Gasteiger partial charge in [-0.05, 0) is 24.3 Å². The fourth-order valence-electron chi connectivity index (χ4n) is 2.16. The Bertz CT molecular complexity index is 1000. The van der Waals surface area contributed by atoms with Crippen LogP contribution in [0.3, 0.4) is 0 Å². The number of hydrogen-bond donors (Lipinski definition) is 0. The van der Waals surface area contributed by atoms with Crippen molar-refractivity contribution < 1.29 is 36.3 Å². The van der Waals surface area contributed by atoms with Gasteiger partial charge in [0.25, 0.3) is 0 Å². The van der Waals surface area contributed by atoms with Gasteiger partial charge in [0, 0.05) is 12.1 Å². The van der Waals surface area contributed by atoms with Crippen LogP contribution < -0.4 is 9.47 Å². The average molecular weight is 446 g/mol. The molecule has 10 heteroatoms. The molecule has 6 nitrogen and oxygen atoms in total. The van der Waals surface area contributed by atoms with Crippen LogP contribution in [0, 0.1) is 11.6 Å². The summed E-state index contributed by atoms with van der Waals surface area (Å²) in [5.41, 5.74) is 0. The van der Waals surface area contributed by atoms with Crippen molar-refractivity contribution in [2.75, 3.05) is 0 Å². The minimum atomic E-state index is -4.27. The molecule has 154 valence electrons. The van der Waals surface area contributed by atoms with Crippen LogP contribution in [0.5, 0.6) is 11.5 Å². The number of carbonyl (C=O) groups is 2. The molecule has 0 radical (unpaired) electrons. The topological polar surface area (TPSA) is 86.7 Å². The van der Waals surface area contributed by atoms with Gasteiger partial charge in [0.2, 0.25) is 9.84 Å². The number of ether oxygens (including phenoxy) is 2. The quantitative estimate of drug-likeness (QED) is 0.204. The van der Waals surface area contributed by atoms with E-state index in [9.17, 15) is 26.8 Å². The third-order valence-electron chi connectivity index (χ3n) is 3.50. The maximum absolute atomic E-state index is 13.9. The van der Waals surface area contributed by atoms with Gasteiger partial charge in [-0.15, -0.1) is 13.2 Å². The number of halogens is 2. The molecule has 0 N–H and O–H groups in total. The first-order valence-corrected chi connectivity index (χ1v) is 9.64.